The molecule has 1 unspecified atom stereocenters. The lowest BCUT2D eigenvalue weighted by atomic mass is 10.0. The Morgan fingerprint density at radius 2 is 1.90 bits per heavy atom. The van der Waals surface area contributed by atoms with E-state index in [4.69, 9.17) is 16.3 Å². The van der Waals surface area contributed by atoms with Crippen LogP contribution in [-0.4, -0.2) is 12.4 Å². The summed E-state index contributed by atoms with van der Waals surface area (Å²) in [5, 5.41) is 0.800. The maximum Gasteiger partial charge on any atom is 0.119 e. The van der Waals surface area contributed by atoms with Crippen LogP contribution < -0.4 is 4.74 Å². The van der Waals surface area contributed by atoms with Gasteiger partial charge in [-0.15, -0.1) is 0 Å². The number of benzene rings is 2. The molecule has 106 valence electrons. The summed E-state index contributed by atoms with van der Waals surface area (Å²) in [4.78, 5) is 0. The van der Waals surface area contributed by atoms with E-state index >= 15 is 0 Å². The summed E-state index contributed by atoms with van der Waals surface area (Å²) >= 11 is 10.5. The van der Waals surface area contributed by atoms with Crippen molar-refractivity contribution in [3.8, 4) is 5.75 Å². The van der Waals surface area contributed by atoms with E-state index in [1.807, 2.05) is 36.4 Å². The fraction of sp³-hybridized carbons (Fsp3) is 0.294. The minimum absolute atomic E-state index is 0.292. The first-order valence-electron chi connectivity index (χ1n) is 6.81. The Kier molecular flexibility index (Phi) is 5.81. The fourth-order valence-electron chi connectivity index (χ4n) is 2.09. The molecular formula is C17H19ClOS. The van der Waals surface area contributed by atoms with Gasteiger partial charge in [0.2, 0.25) is 0 Å². The summed E-state index contributed by atoms with van der Waals surface area (Å²) in [5.74, 6) is 1.92. The van der Waals surface area contributed by atoms with Crippen LogP contribution in [-0.2, 0) is 6.42 Å². The molecule has 2 aromatic rings. The van der Waals surface area contributed by atoms with Gasteiger partial charge >= 0.3 is 0 Å². The van der Waals surface area contributed by atoms with Gasteiger partial charge in [-0.1, -0.05) is 48.9 Å². The van der Waals surface area contributed by atoms with E-state index in [9.17, 15) is 0 Å². The second-order valence-corrected chi connectivity index (χ2v) is 5.48. The topological polar surface area (TPSA) is 9.23 Å². The van der Waals surface area contributed by atoms with Crippen LogP contribution in [0, 0.1) is 0 Å². The van der Waals surface area contributed by atoms with E-state index in [0.29, 0.717) is 12.5 Å². The van der Waals surface area contributed by atoms with Gasteiger partial charge < -0.3 is 4.74 Å². The predicted molar refractivity (Wildman–Crippen MR) is 89.4 cm³/mol. The molecule has 0 heterocycles. The van der Waals surface area contributed by atoms with Crippen molar-refractivity contribution >= 4 is 24.2 Å². The molecule has 2 aromatic carbocycles. The number of thiol groups is 1. The van der Waals surface area contributed by atoms with Crippen molar-refractivity contribution in [1.29, 1.82) is 0 Å². The van der Waals surface area contributed by atoms with E-state index in [-0.39, 0.29) is 0 Å². The third-order valence-corrected chi connectivity index (χ3v) is 4.15. The van der Waals surface area contributed by atoms with Gasteiger partial charge in [-0.2, -0.15) is 12.6 Å². The van der Waals surface area contributed by atoms with Crippen LogP contribution in [0.25, 0.3) is 0 Å². The van der Waals surface area contributed by atoms with Gasteiger partial charge in [0.25, 0.3) is 0 Å². The number of hydrogen-bond donors (Lipinski definition) is 1. The van der Waals surface area contributed by atoms with Crippen molar-refractivity contribution < 1.29 is 4.74 Å². The van der Waals surface area contributed by atoms with E-state index < -0.39 is 0 Å². The minimum Gasteiger partial charge on any atom is -0.493 e. The highest BCUT2D eigenvalue weighted by atomic mass is 35.5. The number of aryl methyl sites for hydroxylation is 1. The quantitative estimate of drug-likeness (QED) is 0.739. The Labute approximate surface area is 131 Å². The molecule has 0 amide bonds. The summed E-state index contributed by atoms with van der Waals surface area (Å²) in [6.07, 6.45) is 0.907. The first kappa shape index (κ1) is 15.3. The molecule has 0 N–H and O–H groups in total. The maximum atomic E-state index is 6.11. The van der Waals surface area contributed by atoms with Crippen molar-refractivity contribution in [3.63, 3.8) is 0 Å². The zero-order valence-corrected chi connectivity index (χ0v) is 13.2. The van der Waals surface area contributed by atoms with Gasteiger partial charge in [-0.05, 0) is 35.7 Å². The Bertz CT molecular complexity index is 542. The smallest absolute Gasteiger partial charge is 0.119 e. The van der Waals surface area contributed by atoms with Crippen LogP contribution in [0.3, 0.4) is 0 Å². The van der Waals surface area contributed by atoms with E-state index in [2.05, 4.69) is 31.7 Å². The average Bonchev–Trinajstić information content (AvgIpc) is 2.50. The molecule has 0 aliphatic carbocycles. The molecule has 0 aliphatic rings. The highest BCUT2D eigenvalue weighted by Crippen LogP contribution is 2.24. The molecule has 20 heavy (non-hydrogen) atoms. The lowest BCUT2D eigenvalue weighted by molar-refractivity contribution is 0.297. The van der Waals surface area contributed by atoms with Crippen LogP contribution >= 0.6 is 24.2 Å². The average molecular weight is 307 g/mol. The number of ether oxygens (including phenoxy) is 1. The van der Waals surface area contributed by atoms with Gasteiger partial charge in [0.1, 0.15) is 5.75 Å². The molecule has 0 aromatic heterocycles. The fourth-order valence-corrected chi connectivity index (χ4v) is 2.66. The third kappa shape index (κ3) is 3.94. The molecule has 1 atom stereocenters. The second kappa shape index (κ2) is 7.61. The molecule has 3 heteroatoms. The summed E-state index contributed by atoms with van der Waals surface area (Å²) in [6, 6.07) is 16.2. The SMILES string of the molecule is CCc1cc(OCC(CS)c2ccccc2)ccc1Cl. The Morgan fingerprint density at radius 3 is 2.55 bits per heavy atom. The van der Waals surface area contributed by atoms with E-state index in [1.54, 1.807) is 0 Å². The van der Waals surface area contributed by atoms with Crippen LogP contribution in [0.2, 0.25) is 5.02 Å². The van der Waals surface area contributed by atoms with Gasteiger partial charge in [-0.25, -0.2) is 0 Å². The zero-order chi connectivity index (χ0) is 14.4. The molecule has 1 nitrogen and oxygen atoms in total. The Balaban J connectivity index is 2.03. The molecule has 0 fully saturated rings. The molecule has 0 bridgehead atoms. The first-order chi connectivity index (χ1) is 9.74. The summed E-state index contributed by atoms with van der Waals surface area (Å²) in [6.45, 7) is 2.71. The Morgan fingerprint density at radius 1 is 1.15 bits per heavy atom. The first-order valence-corrected chi connectivity index (χ1v) is 7.82. The molecular weight excluding hydrogens is 288 g/mol. The van der Waals surface area contributed by atoms with Crippen molar-refractivity contribution in [2.24, 2.45) is 0 Å². The van der Waals surface area contributed by atoms with Gasteiger partial charge in [0.15, 0.2) is 0 Å². The standard InChI is InChI=1S/C17H19ClOS/c1-2-13-10-16(8-9-17(13)18)19-11-15(12-20)14-6-4-3-5-7-14/h3-10,15,20H,2,11-12H2,1H3. The zero-order valence-electron chi connectivity index (χ0n) is 11.6. The summed E-state index contributed by atoms with van der Waals surface area (Å²) in [7, 11) is 0. The summed E-state index contributed by atoms with van der Waals surface area (Å²) in [5.41, 5.74) is 2.37. The van der Waals surface area contributed by atoms with Crippen LogP contribution in [0.1, 0.15) is 24.0 Å². The lowest BCUT2D eigenvalue weighted by Crippen LogP contribution is -2.12. The van der Waals surface area contributed by atoms with Gasteiger partial charge in [-0.3, -0.25) is 0 Å². The van der Waals surface area contributed by atoms with Gasteiger partial charge in [0.05, 0.1) is 6.61 Å². The number of halogens is 1. The molecule has 2 rings (SSSR count). The molecule has 0 saturated carbocycles. The van der Waals surface area contributed by atoms with Crippen LogP contribution in [0.4, 0.5) is 0 Å². The molecule has 0 aliphatic heterocycles. The van der Waals surface area contributed by atoms with Crippen molar-refractivity contribution in [3.05, 3.63) is 64.7 Å². The summed E-state index contributed by atoms with van der Waals surface area (Å²) < 4.78 is 5.90. The predicted octanol–water partition coefficient (Wildman–Crippen LogP) is 4.99. The normalized spacial score (nSPS) is 12.2. The van der Waals surface area contributed by atoms with Crippen LogP contribution in [0.15, 0.2) is 48.5 Å². The molecule has 0 radical (unpaired) electrons. The largest absolute Gasteiger partial charge is 0.493 e. The number of rotatable bonds is 6. The lowest BCUT2D eigenvalue weighted by Gasteiger charge is -2.16. The third-order valence-electron chi connectivity index (χ3n) is 3.34. The van der Waals surface area contributed by atoms with Gasteiger partial charge in [0, 0.05) is 16.7 Å². The highest BCUT2D eigenvalue weighted by Gasteiger charge is 2.11. The van der Waals surface area contributed by atoms with Crippen molar-refractivity contribution in [1.82, 2.24) is 0 Å². The maximum absolute atomic E-state index is 6.11. The van der Waals surface area contributed by atoms with E-state index in [1.165, 1.54) is 5.56 Å². The minimum atomic E-state index is 0.292. The number of hydrogen-bond acceptors (Lipinski definition) is 2. The van der Waals surface area contributed by atoms with Crippen LogP contribution in [0.5, 0.6) is 5.75 Å². The van der Waals surface area contributed by atoms with Crippen molar-refractivity contribution in [2.45, 2.75) is 19.3 Å². The van der Waals surface area contributed by atoms with Crippen molar-refractivity contribution in [2.75, 3.05) is 12.4 Å². The highest BCUT2D eigenvalue weighted by molar-refractivity contribution is 7.80. The monoisotopic (exact) mass is 306 g/mol. The Hall–Kier alpha value is -1.12. The van der Waals surface area contributed by atoms with E-state index in [0.717, 1.165) is 28.5 Å². The second-order valence-electron chi connectivity index (χ2n) is 4.71. The molecule has 0 spiro atoms. The molecule has 0 saturated heterocycles.